The molecule has 0 saturated heterocycles. The smallest absolute Gasteiger partial charge is 0.349 e. The zero-order valence-corrected chi connectivity index (χ0v) is 14.9. The van der Waals surface area contributed by atoms with Crippen molar-refractivity contribution in [2.75, 3.05) is 11.9 Å². The lowest BCUT2D eigenvalue weighted by Gasteiger charge is -2.06. The number of rotatable bonds is 4. The van der Waals surface area contributed by atoms with Crippen LogP contribution in [0.3, 0.4) is 0 Å². The molecule has 6 nitrogen and oxygen atoms in total. The number of anilines is 1. The molecule has 0 aliphatic rings. The molecule has 0 aliphatic carbocycles. The van der Waals surface area contributed by atoms with E-state index in [9.17, 15) is 9.59 Å². The van der Waals surface area contributed by atoms with Crippen LogP contribution in [0.4, 0.5) is 5.82 Å². The van der Waals surface area contributed by atoms with Crippen LogP contribution in [0.25, 0.3) is 11.0 Å². The first kappa shape index (κ1) is 16.4. The van der Waals surface area contributed by atoms with E-state index in [2.05, 4.69) is 32.9 Å². The monoisotopic (exact) mass is 436 g/mol. The van der Waals surface area contributed by atoms with Crippen molar-refractivity contribution in [1.82, 2.24) is 4.98 Å². The molecule has 24 heavy (non-hydrogen) atoms. The van der Waals surface area contributed by atoms with Crippen molar-refractivity contribution < 1.29 is 13.9 Å². The highest BCUT2D eigenvalue weighted by molar-refractivity contribution is 14.1. The number of amides is 1. The van der Waals surface area contributed by atoms with Gasteiger partial charge in [-0.2, -0.15) is 0 Å². The van der Waals surface area contributed by atoms with Crippen molar-refractivity contribution in [2.45, 2.75) is 6.92 Å². The van der Waals surface area contributed by atoms with E-state index in [0.29, 0.717) is 29.1 Å². The first-order valence-electron chi connectivity index (χ1n) is 7.20. The minimum absolute atomic E-state index is 0.0768. The molecule has 1 N–H and O–H groups in total. The predicted molar refractivity (Wildman–Crippen MR) is 98.6 cm³/mol. The molecular formula is C17H13IN2O4. The Morgan fingerprint density at radius 1 is 1.29 bits per heavy atom. The molecule has 122 valence electrons. The summed E-state index contributed by atoms with van der Waals surface area (Å²) in [7, 11) is 0. The van der Waals surface area contributed by atoms with Gasteiger partial charge in [0.15, 0.2) is 0 Å². The van der Waals surface area contributed by atoms with Gasteiger partial charge in [-0.25, -0.2) is 9.78 Å². The number of ether oxygens (including phenoxy) is 1. The molecule has 2 aromatic heterocycles. The maximum atomic E-state index is 12.3. The number of halogens is 1. The van der Waals surface area contributed by atoms with Gasteiger partial charge >= 0.3 is 5.63 Å². The van der Waals surface area contributed by atoms with Crippen LogP contribution in [-0.2, 0) is 0 Å². The van der Waals surface area contributed by atoms with Gasteiger partial charge in [0.25, 0.3) is 5.91 Å². The molecule has 0 atom stereocenters. The molecular weight excluding hydrogens is 423 g/mol. The largest absolute Gasteiger partial charge is 0.494 e. The summed E-state index contributed by atoms with van der Waals surface area (Å²) in [4.78, 5) is 28.5. The summed E-state index contributed by atoms with van der Waals surface area (Å²) in [5.74, 6) is 0.410. The highest BCUT2D eigenvalue weighted by Crippen LogP contribution is 2.21. The molecule has 3 rings (SSSR count). The minimum atomic E-state index is -0.709. The van der Waals surface area contributed by atoms with Gasteiger partial charge in [-0.3, -0.25) is 4.79 Å². The summed E-state index contributed by atoms with van der Waals surface area (Å²) in [6.45, 7) is 2.38. The zero-order valence-electron chi connectivity index (χ0n) is 12.7. The van der Waals surface area contributed by atoms with Gasteiger partial charge in [0.1, 0.15) is 22.7 Å². The van der Waals surface area contributed by atoms with Crippen molar-refractivity contribution in [1.29, 1.82) is 0 Å². The average molecular weight is 436 g/mol. The minimum Gasteiger partial charge on any atom is -0.494 e. The number of pyridine rings is 1. The number of aromatic nitrogens is 1. The first-order valence-corrected chi connectivity index (χ1v) is 8.28. The maximum Gasteiger partial charge on any atom is 0.349 e. The van der Waals surface area contributed by atoms with E-state index in [1.807, 2.05) is 6.92 Å². The number of benzene rings is 1. The zero-order chi connectivity index (χ0) is 17.1. The Labute approximate surface area is 151 Å². The van der Waals surface area contributed by atoms with Gasteiger partial charge in [0, 0.05) is 21.2 Å². The second-order valence-electron chi connectivity index (χ2n) is 4.90. The Morgan fingerprint density at radius 2 is 2.12 bits per heavy atom. The van der Waals surface area contributed by atoms with Crippen LogP contribution in [0.15, 0.2) is 51.8 Å². The summed E-state index contributed by atoms with van der Waals surface area (Å²) in [5.41, 5.74) is -0.416. The lowest BCUT2D eigenvalue weighted by Crippen LogP contribution is -2.21. The van der Waals surface area contributed by atoms with E-state index in [-0.39, 0.29) is 5.56 Å². The fraction of sp³-hybridized carbons (Fsp3) is 0.118. The van der Waals surface area contributed by atoms with E-state index >= 15 is 0 Å². The van der Waals surface area contributed by atoms with Gasteiger partial charge in [-0.05, 0) is 59.8 Å². The standard InChI is InChI=1S/C17H13IN2O4/c1-2-23-12-5-3-10-7-13(17(22)24-14(10)8-12)16(21)20-15-6-4-11(18)9-19-15/h3-9H,2H2,1H3,(H,19,20,21). The Kier molecular flexibility index (Phi) is 4.79. The Bertz CT molecular complexity index is 951. The van der Waals surface area contributed by atoms with Crippen LogP contribution < -0.4 is 15.7 Å². The van der Waals surface area contributed by atoms with Gasteiger partial charge in [-0.15, -0.1) is 0 Å². The second kappa shape index (κ2) is 7.00. The van der Waals surface area contributed by atoms with Crippen LogP contribution in [0.2, 0.25) is 0 Å². The molecule has 0 radical (unpaired) electrons. The highest BCUT2D eigenvalue weighted by Gasteiger charge is 2.15. The number of nitrogens with zero attached hydrogens (tertiary/aromatic N) is 1. The van der Waals surface area contributed by atoms with Gasteiger partial charge in [-0.1, -0.05) is 0 Å². The summed E-state index contributed by atoms with van der Waals surface area (Å²) in [6, 6.07) is 10.1. The summed E-state index contributed by atoms with van der Waals surface area (Å²) < 4.78 is 11.6. The SMILES string of the molecule is CCOc1ccc2cc(C(=O)Nc3ccc(I)cn3)c(=O)oc2c1. The van der Waals surface area contributed by atoms with E-state index in [1.54, 1.807) is 36.5 Å². The molecule has 0 spiro atoms. The molecule has 7 heteroatoms. The number of nitrogens with one attached hydrogen (secondary N) is 1. The summed E-state index contributed by atoms with van der Waals surface area (Å²) >= 11 is 2.11. The lowest BCUT2D eigenvalue weighted by atomic mass is 10.1. The number of carbonyl (C=O) groups excluding carboxylic acids is 1. The number of fused-ring (bicyclic) bond motifs is 1. The molecule has 2 heterocycles. The fourth-order valence-corrected chi connectivity index (χ4v) is 2.46. The molecule has 0 fully saturated rings. The van der Waals surface area contributed by atoms with Crippen LogP contribution in [0.5, 0.6) is 5.75 Å². The van der Waals surface area contributed by atoms with Crippen molar-refractivity contribution in [3.8, 4) is 5.75 Å². The molecule has 0 aliphatic heterocycles. The van der Waals surface area contributed by atoms with Crippen molar-refractivity contribution in [3.05, 3.63) is 62.1 Å². The van der Waals surface area contributed by atoms with Gasteiger partial charge < -0.3 is 14.5 Å². The third kappa shape index (κ3) is 3.56. The van der Waals surface area contributed by atoms with Crippen molar-refractivity contribution in [3.63, 3.8) is 0 Å². The van der Waals surface area contributed by atoms with E-state index < -0.39 is 11.5 Å². The fourth-order valence-electron chi connectivity index (χ4n) is 2.14. The third-order valence-corrected chi connectivity index (χ3v) is 3.87. The quantitative estimate of drug-likeness (QED) is 0.501. The molecule has 1 aromatic carbocycles. The van der Waals surface area contributed by atoms with E-state index in [0.717, 1.165) is 3.57 Å². The highest BCUT2D eigenvalue weighted by atomic mass is 127. The topological polar surface area (TPSA) is 81.4 Å². The first-order chi connectivity index (χ1) is 11.6. The third-order valence-electron chi connectivity index (χ3n) is 3.23. The molecule has 0 bridgehead atoms. The van der Waals surface area contributed by atoms with Crippen molar-refractivity contribution in [2.24, 2.45) is 0 Å². The van der Waals surface area contributed by atoms with Crippen LogP contribution in [0.1, 0.15) is 17.3 Å². The summed E-state index contributed by atoms with van der Waals surface area (Å²) in [5, 5.41) is 3.22. The molecule has 0 saturated carbocycles. The van der Waals surface area contributed by atoms with E-state index in [1.165, 1.54) is 6.07 Å². The number of hydrogen-bond donors (Lipinski definition) is 1. The molecule has 3 aromatic rings. The lowest BCUT2D eigenvalue weighted by molar-refractivity contribution is 0.102. The normalized spacial score (nSPS) is 10.6. The average Bonchev–Trinajstić information content (AvgIpc) is 2.56. The Hall–Kier alpha value is -2.42. The second-order valence-corrected chi connectivity index (χ2v) is 6.14. The van der Waals surface area contributed by atoms with Gasteiger partial charge in [0.05, 0.1) is 6.61 Å². The van der Waals surface area contributed by atoms with Crippen molar-refractivity contribution >= 4 is 45.3 Å². The maximum absolute atomic E-state index is 12.3. The molecule has 0 unspecified atom stereocenters. The number of hydrogen-bond acceptors (Lipinski definition) is 5. The Morgan fingerprint density at radius 3 is 2.83 bits per heavy atom. The van der Waals surface area contributed by atoms with Crippen LogP contribution >= 0.6 is 22.6 Å². The van der Waals surface area contributed by atoms with Crippen LogP contribution in [0, 0.1) is 3.57 Å². The Balaban J connectivity index is 1.92. The van der Waals surface area contributed by atoms with E-state index in [4.69, 9.17) is 9.15 Å². The van der Waals surface area contributed by atoms with Gasteiger partial charge in [0.2, 0.25) is 0 Å². The number of carbonyl (C=O) groups is 1. The predicted octanol–water partition coefficient (Wildman–Crippen LogP) is 3.44. The molecule has 1 amide bonds. The summed E-state index contributed by atoms with van der Waals surface area (Å²) in [6.07, 6.45) is 1.62. The van der Waals surface area contributed by atoms with Crippen LogP contribution in [-0.4, -0.2) is 17.5 Å².